The third-order valence-corrected chi connectivity index (χ3v) is 7.23. The SMILES string of the molecule is CC(C)OC(=O)Cc1cccc(C2CCC(N(C(=O)OC(C)(C)C)[C@H](C)c3cccc4ccccc34)C2)c1. The zero-order valence-electron chi connectivity index (χ0n) is 23.6. The summed E-state index contributed by atoms with van der Waals surface area (Å²) in [5, 5.41) is 2.32. The van der Waals surface area contributed by atoms with Crippen LogP contribution in [0.5, 0.6) is 0 Å². The van der Waals surface area contributed by atoms with Crippen LogP contribution in [-0.2, 0) is 20.7 Å². The van der Waals surface area contributed by atoms with Gasteiger partial charge in [-0.15, -0.1) is 0 Å². The molecule has 0 saturated heterocycles. The highest BCUT2D eigenvalue weighted by atomic mass is 16.6. The molecule has 38 heavy (non-hydrogen) atoms. The minimum atomic E-state index is -0.579. The average Bonchev–Trinajstić information content (AvgIpc) is 3.32. The van der Waals surface area contributed by atoms with Gasteiger partial charge >= 0.3 is 12.1 Å². The van der Waals surface area contributed by atoms with Crippen molar-refractivity contribution in [2.24, 2.45) is 0 Å². The Morgan fingerprint density at radius 1 is 0.947 bits per heavy atom. The predicted octanol–water partition coefficient (Wildman–Crippen LogP) is 7.97. The summed E-state index contributed by atoms with van der Waals surface area (Å²) < 4.78 is 11.3. The summed E-state index contributed by atoms with van der Waals surface area (Å²) in [6.45, 7) is 11.6. The molecule has 5 nitrogen and oxygen atoms in total. The zero-order valence-corrected chi connectivity index (χ0v) is 23.6. The van der Waals surface area contributed by atoms with Crippen LogP contribution in [0.1, 0.15) is 89.5 Å². The molecule has 3 aromatic carbocycles. The van der Waals surface area contributed by atoms with E-state index in [1.165, 1.54) is 5.56 Å². The maximum absolute atomic E-state index is 13.7. The van der Waals surface area contributed by atoms with E-state index in [1.807, 2.05) is 63.8 Å². The summed E-state index contributed by atoms with van der Waals surface area (Å²) in [6.07, 6.45) is 2.61. The molecule has 1 aliphatic carbocycles. The summed E-state index contributed by atoms with van der Waals surface area (Å²) in [4.78, 5) is 27.8. The first kappa shape index (κ1) is 27.7. The van der Waals surface area contributed by atoms with Gasteiger partial charge in [-0.1, -0.05) is 66.7 Å². The van der Waals surface area contributed by atoms with Gasteiger partial charge in [0.1, 0.15) is 5.60 Å². The van der Waals surface area contributed by atoms with E-state index in [2.05, 4.69) is 49.4 Å². The first-order chi connectivity index (χ1) is 18.0. The van der Waals surface area contributed by atoms with Gasteiger partial charge in [-0.05, 0) is 94.2 Å². The predicted molar refractivity (Wildman–Crippen MR) is 152 cm³/mol. The van der Waals surface area contributed by atoms with E-state index in [-0.39, 0.29) is 36.7 Å². The zero-order chi connectivity index (χ0) is 27.4. The molecule has 3 atom stereocenters. The van der Waals surface area contributed by atoms with Crippen molar-refractivity contribution in [3.8, 4) is 0 Å². The van der Waals surface area contributed by atoms with E-state index in [1.54, 1.807) is 0 Å². The maximum Gasteiger partial charge on any atom is 0.411 e. The van der Waals surface area contributed by atoms with Crippen molar-refractivity contribution in [1.29, 1.82) is 0 Å². The Bertz CT molecular complexity index is 1270. The maximum atomic E-state index is 13.7. The smallest absolute Gasteiger partial charge is 0.411 e. The van der Waals surface area contributed by atoms with Crippen LogP contribution in [-0.4, -0.2) is 34.7 Å². The van der Waals surface area contributed by atoms with Gasteiger partial charge in [-0.2, -0.15) is 0 Å². The van der Waals surface area contributed by atoms with Crippen molar-refractivity contribution in [1.82, 2.24) is 4.90 Å². The largest absolute Gasteiger partial charge is 0.463 e. The van der Waals surface area contributed by atoms with E-state index >= 15 is 0 Å². The fourth-order valence-corrected chi connectivity index (χ4v) is 5.64. The van der Waals surface area contributed by atoms with Crippen molar-refractivity contribution >= 4 is 22.8 Å². The number of fused-ring (bicyclic) bond motifs is 1. The molecule has 1 saturated carbocycles. The molecule has 0 radical (unpaired) electrons. The van der Waals surface area contributed by atoms with Gasteiger partial charge in [0.25, 0.3) is 0 Å². The Kier molecular flexibility index (Phi) is 8.44. The number of hydrogen-bond acceptors (Lipinski definition) is 4. The third-order valence-electron chi connectivity index (χ3n) is 7.23. The van der Waals surface area contributed by atoms with Gasteiger partial charge in [0.2, 0.25) is 0 Å². The second kappa shape index (κ2) is 11.6. The lowest BCUT2D eigenvalue weighted by Gasteiger charge is -2.37. The molecule has 0 heterocycles. The number of hydrogen-bond donors (Lipinski definition) is 0. The topological polar surface area (TPSA) is 55.8 Å². The van der Waals surface area contributed by atoms with Crippen LogP contribution in [0.2, 0.25) is 0 Å². The highest BCUT2D eigenvalue weighted by Crippen LogP contribution is 2.41. The van der Waals surface area contributed by atoms with Crippen molar-refractivity contribution in [2.75, 3.05) is 0 Å². The van der Waals surface area contributed by atoms with Gasteiger partial charge in [-0.3, -0.25) is 9.69 Å². The van der Waals surface area contributed by atoms with Gasteiger partial charge in [0, 0.05) is 6.04 Å². The molecule has 5 heteroatoms. The van der Waals surface area contributed by atoms with Crippen LogP contribution in [0.25, 0.3) is 10.8 Å². The molecule has 1 aliphatic rings. The Morgan fingerprint density at radius 2 is 1.66 bits per heavy atom. The number of carbonyl (C=O) groups is 2. The van der Waals surface area contributed by atoms with Crippen LogP contribution in [0.3, 0.4) is 0 Å². The quantitative estimate of drug-likeness (QED) is 0.299. The number of esters is 1. The number of rotatable bonds is 7. The first-order valence-electron chi connectivity index (χ1n) is 13.8. The van der Waals surface area contributed by atoms with E-state index in [4.69, 9.17) is 9.47 Å². The summed E-state index contributed by atoms with van der Waals surface area (Å²) in [5.74, 6) is 0.104. The van der Waals surface area contributed by atoms with E-state index < -0.39 is 5.60 Å². The van der Waals surface area contributed by atoms with Gasteiger partial charge < -0.3 is 9.47 Å². The van der Waals surface area contributed by atoms with Crippen LogP contribution < -0.4 is 0 Å². The molecule has 2 unspecified atom stereocenters. The summed E-state index contributed by atoms with van der Waals surface area (Å²) in [6, 6.07) is 22.8. The van der Waals surface area contributed by atoms with Crippen molar-refractivity contribution in [2.45, 2.75) is 96.9 Å². The number of carbonyl (C=O) groups excluding carboxylic acids is 2. The number of ether oxygens (including phenoxy) is 2. The number of amides is 1. The van der Waals surface area contributed by atoms with Crippen molar-refractivity contribution < 1.29 is 19.1 Å². The van der Waals surface area contributed by atoms with Gasteiger partial charge in [0.05, 0.1) is 18.6 Å². The molecule has 0 bridgehead atoms. The van der Waals surface area contributed by atoms with E-state index in [0.717, 1.165) is 41.2 Å². The van der Waals surface area contributed by atoms with E-state index in [9.17, 15) is 9.59 Å². The molecular formula is C33H41NO4. The summed E-state index contributed by atoms with van der Waals surface area (Å²) in [7, 11) is 0. The minimum absolute atomic E-state index is 0.0541. The fraction of sp³-hybridized carbons (Fsp3) is 0.455. The van der Waals surface area contributed by atoms with Crippen molar-refractivity contribution in [3.63, 3.8) is 0 Å². The van der Waals surface area contributed by atoms with E-state index in [0.29, 0.717) is 5.92 Å². The molecule has 4 rings (SSSR count). The number of nitrogens with zero attached hydrogens (tertiary/aromatic N) is 1. The second-order valence-corrected chi connectivity index (χ2v) is 11.8. The Morgan fingerprint density at radius 3 is 2.39 bits per heavy atom. The lowest BCUT2D eigenvalue weighted by atomic mass is 9.94. The Labute approximate surface area is 227 Å². The second-order valence-electron chi connectivity index (χ2n) is 11.8. The molecule has 0 aromatic heterocycles. The highest BCUT2D eigenvalue weighted by molar-refractivity contribution is 5.86. The normalized spacial score (nSPS) is 18.4. The van der Waals surface area contributed by atoms with Crippen LogP contribution in [0, 0.1) is 0 Å². The lowest BCUT2D eigenvalue weighted by molar-refractivity contribution is -0.146. The molecule has 0 spiro atoms. The molecule has 1 amide bonds. The van der Waals surface area contributed by atoms with Crippen molar-refractivity contribution in [3.05, 3.63) is 83.4 Å². The molecular weight excluding hydrogens is 474 g/mol. The standard InChI is InChI=1S/C33H41NO4/c1-22(2)37-31(35)20-24-11-9-14-26(19-24)27-17-18-28(21-27)34(32(36)38-33(4,5)6)23(3)29-16-10-13-25-12-7-8-15-30(25)29/h7-16,19,22-23,27-28H,17-18,20-21H2,1-6H3/t23-,27?,28?/m1/s1. The van der Waals surface area contributed by atoms with Gasteiger partial charge in [-0.25, -0.2) is 4.79 Å². The molecule has 0 aliphatic heterocycles. The Hall–Kier alpha value is -3.34. The molecule has 202 valence electrons. The van der Waals surface area contributed by atoms with Crippen LogP contribution in [0.15, 0.2) is 66.7 Å². The molecule has 3 aromatic rings. The van der Waals surface area contributed by atoms with Gasteiger partial charge in [0.15, 0.2) is 0 Å². The molecule has 1 fully saturated rings. The average molecular weight is 516 g/mol. The van der Waals surface area contributed by atoms with Crippen LogP contribution >= 0.6 is 0 Å². The minimum Gasteiger partial charge on any atom is -0.463 e. The van der Waals surface area contributed by atoms with Crippen LogP contribution in [0.4, 0.5) is 4.79 Å². The lowest BCUT2D eigenvalue weighted by Crippen LogP contribution is -2.44. The molecule has 0 N–H and O–H groups in total. The fourth-order valence-electron chi connectivity index (χ4n) is 5.64. The first-order valence-corrected chi connectivity index (χ1v) is 13.8. The number of benzene rings is 3. The highest BCUT2D eigenvalue weighted by Gasteiger charge is 2.38. The summed E-state index contributed by atoms with van der Waals surface area (Å²) in [5.41, 5.74) is 2.72. The third kappa shape index (κ3) is 6.75. The Balaban J connectivity index is 1.58. The monoisotopic (exact) mass is 515 g/mol. The summed E-state index contributed by atoms with van der Waals surface area (Å²) >= 11 is 0.